The van der Waals surface area contributed by atoms with Crippen molar-refractivity contribution in [3.05, 3.63) is 58.6 Å². The zero-order valence-corrected chi connectivity index (χ0v) is 16.9. The molecule has 2 aromatic rings. The molecule has 1 amide bonds. The zero-order valence-electron chi connectivity index (χ0n) is 15.4. The largest absolute Gasteiger partial charge is 0.497 e. The molecule has 0 atom stereocenters. The van der Waals surface area contributed by atoms with Gasteiger partial charge in [-0.25, -0.2) is 8.42 Å². The average Bonchev–Trinajstić information content (AvgIpc) is 2.73. The molecule has 1 aliphatic heterocycles. The van der Waals surface area contributed by atoms with Crippen LogP contribution in [0.3, 0.4) is 0 Å². The number of nitrogens with zero attached hydrogens (tertiary/aromatic N) is 1. The molecule has 0 radical (unpaired) electrons. The second-order valence-corrected chi connectivity index (χ2v) is 8.51. The minimum absolute atomic E-state index is 0.0758. The predicted octanol–water partition coefficient (Wildman–Crippen LogP) is 2.30. The third-order valence-corrected chi connectivity index (χ3v) is 6.77. The molecule has 0 spiro atoms. The van der Waals surface area contributed by atoms with Crippen LogP contribution in [0.2, 0.25) is 5.02 Å². The third kappa shape index (κ3) is 4.64. The first kappa shape index (κ1) is 20.6. The molecule has 1 heterocycles. The van der Waals surface area contributed by atoms with Gasteiger partial charge >= 0.3 is 0 Å². The van der Waals surface area contributed by atoms with Crippen LogP contribution in [-0.4, -0.2) is 52.0 Å². The quantitative estimate of drug-likeness (QED) is 0.769. The highest BCUT2D eigenvalue weighted by Gasteiger charge is 2.29. The van der Waals surface area contributed by atoms with Crippen LogP contribution < -0.4 is 10.1 Å². The van der Waals surface area contributed by atoms with E-state index in [9.17, 15) is 13.2 Å². The number of hydrogen-bond acceptors (Lipinski definition) is 5. The van der Waals surface area contributed by atoms with E-state index in [0.717, 1.165) is 11.3 Å². The van der Waals surface area contributed by atoms with Crippen LogP contribution in [0.15, 0.2) is 47.4 Å². The van der Waals surface area contributed by atoms with Gasteiger partial charge in [-0.15, -0.1) is 0 Å². The molecule has 0 saturated carbocycles. The van der Waals surface area contributed by atoms with Crippen LogP contribution in [0, 0.1) is 0 Å². The maximum atomic E-state index is 12.9. The van der Waals surface area contributed by atoms with Crippen LogP contribution in [0.25, 0.3) is 0 Å². The highest BCUT2D eigenvalue weighted by molar-refractivity contribution is 7.89. The van der Waals surface area contributed by atoms with Gasteiger partial charge < -0.3 is 14.8 Å². The summed E-state index contributed by atoms with van der Waals surface area (Å²) in [5.74, 6) is 0.344. The second kappa shape index (κ2) is 8.91. The normalized spacial score (nSPS) is 15.2. The van der Waals surface area contributed by atoms with Gasteiger partial charge in [-0.3, -0.25) is 4.79 Å². The maximum absolute atomic E-state index is 12.9. The summed E-state index contributed by atoms with van der Waals surface area (Å²) in [6, 6.07) is 11.5. The van der Waals surface area contributed by atoms with E-state index < -0.39 is 10.0 Å². The van der Waals surface area contributed by atoms with Crippen LogP contribution in [0.5, 0.6) is 5.75 Å². The molecule has 2 aromatic carbocycles. The summed E-state index contributed by atoms with van der Waals surface area (Å²) in [4.78, 5) is 12.4. The summed E-state index contributed by atoms with van der Waals surface area (Å²) in [6.45, 7) is 1.48. The standard InChI is InChI=1S/C19H21ClN2O5S/c1-26-16-5-2-14(3-6-16)13-21-19(23)15-4-7-17(20)18(12-15)28(24,25)22-8-10-27-11-9-22/h2-7,12H,8-11,13H2,1H3,(H,21,23). The Labute approximate surface area is 169 Å². The molecular formula is C19H21ClN2O5S. The van der Waals surface area contributed by atoms with Gasteiger partial charge in [0.25, 0.3) is 5.91 Å². The van der Waals surface area contributed by atoms with Crippen LogP contribution in [0.1, 0.15) is 15.9 Å². The van der Waals surface area contributed by atoms with Gasteiger partial charge in [0.1, 0.15) is 10.6 Å². The number of benzene rings is 2. The highest BCUT2D eigenvalue weighted by Crippen LogP contribution is 2.26. The Morgan fingerprint density at radius 2 is 1.86 bits per heavy atom. The Hall–Kier alpha value is -2.13. The highest BCUT2D eigenvalue weighted by atomic mass is 35.5. The monoisotopic (exact) mass is 424 g/mol. The molecule has 3 rings (SSSR count). The van der Waals surface area contributed by atoms with Crippen LogP contribution >= 0.6 is 11.6 Å². The van der Waals surface area contributed by atoms with Gasteiger partial charge in [0.05, 0.1) is 25.3 Å². The number of ether oxygens (including phenoxy) is 2. The number of methoxy groups -OCH3 is 1. The first-order valence-corrected chi connectivity index (χ1v) is 10.5. The fourth-order valence-corrected chi connectivity index (χ4v) is 4.70. The lowest BCUT2D eigenvalue weighted by Gasteiger charge is -2.26. The molecule has 28 heavy (non-hydrogen) atoms. The maximum Gasteiger partial charge on any atom is 0.251 e. The van der Waals surface area contributed by atoms with E-state index in [0.29, 0.717) is 19.8 Å². The molecule has 0 aliphatic carbocycles. The summed E-state index contributed by atoms with van der Waals surface area (Å²) in [7, 11) is -2.21. The number of carbonyl (C=O) groups is 1. The molecule has 1 N–H and O–H groups in total. The molecule has 7 nitrogen and oxygen atoms in total. The van der Waals surface area contributed by atoms with E-state index in [1.54, 1.807) is 19.2 Å². The molecule has 150 valence electrons. The predicted molar refractivity (Wildman–Crippen MR) is 105 cm³/mol. The molecule has 0 unspecified atom stereocenters. The SMILES string of the molecule is COc1ccc(CNC(=O)c2ccc(Cl)c(S(=O)(=O)N3CCOCC3)c2)cc1. The second-order valence-electron chi connectivity index (χ2n) is 6.19. The van der Waals surface area contributed by atoms with Crippen molar-refractivity contribution < 1.29 is 22.7 Å². The summed E-state index contributed by atoms with van der Waals surface area (Å²) in [5.41, 5.74) is 1.12. The van der Waals surface area contributed by atoms with Gasteiger partial charge in [0, 0.05) is 25.2 Å². The number of rotatable bonds is 6. The molecule has 0 bridgehead atoms. The summed E-state index contributed by atoms with van der Waals surface area (Å²) in [5, 5.41) is 2.86. The van der Waals surface area contributed by atoms with E-state index in [4.69, 9.17) is 21.1 Å². The minimum Gasteiger partial charge on any atom is -0.497 e. The van der Waals surface area contributed by atoms with Crippen LogP contribution in [0.4, 0.5) is 0 Å². The Morgan fingerprint density at radius 3 is 2.50 bits per heavy atom. The molecule has 0 aromatic heterocycles. The van der Waals surface area contributed by atoms with Gasteiger partial charge in [0.2, 0.25) is 10.0 Å². The van der Waals surface area contributed by atoms with Crippen molar-refractivity contribution in [1.82, 2.24) is 9.62 Å². The Bertz CT molecular complexity index is 941. The number of amides is 1. The van der Waals surface area contributed by atoms with Crippen molar-refractivity contribution in [2.45, 2.75) is 11.4 Å². The molecule has 1 saturated heterocycles. The first-order chi connectivity index (χ1) is 13.4. The Kier molecular flexibility index (Phi) is 6.56. The third-order valence-electron chi connectivity index (χ3n) is 4.39. The number of hydrogen-bond donors (Lipinski definition) is 1. The van der Waals surface area contributed by atoms with Gasteiger partial charge in [-0.2, -0.15) is 4.31 Å². The van der Waals surface area contributed by atoms with E-state index in [2.05, 4.69) is 5.32 Å². The van der Waals surface area contributed by atoms with Crippen molar-refractivity contribution in [3.8, 4) is 5.75 Å². The number of sulfonamides is 1. The molecule has 1 fully saturated rings. The molecule has 9 heteroatoms. The van der Waals surface area contributed by atoms with Gasteiger partial charge in [0.15, 0.2) is 0 Å². The van der Waals surface area contributed by atoms with Crippen molar-refractivity contribution in [2.75, 3.05) is 33.4 Å². The van der Waals surface area contributed by atoms with Gasteiger partial charge in [-0.1, -0.05) is 23.7 Å². The van der Waals surface area contributed by atoms with Crippen molar-refractivity contribution >= 4 is 27.5 Å². The minimum atomic E-state index is -3.80. The average molecular weight is 425 g/mol. The lowest BCUT2D eigenvalue weighted by molar-refractivity contribution is 0.0730. The number of nitrogens with one attached hydrogen (secondary N) is 1. The number of morpholine rings is 1. The van der Waals surface area contributed by atoms with E-state index >= 15 is 0 Å². The Balaban J connectivity index is 1.75. The smallest absolute Gasteiger partial charge is 0.251 e. The summed E-state index contributed by atoms with van der Waals surface area (Å²) >= 11 is 6.13. The molecule has 1 aliphatic rings. The van der Waals surface area contributed by atoms with E-state index in [-0.39, 0.29) is 34.5 Å². The van der Waals surface area contributed by atoms with Crippen molar-refractivity contribution in [3.63, 3.8) is 0 Å². The fraction of sp³-hybridized carbons (Fsp3) is 0.316. The van der Waals surface area contributed by atoms with Crippen molar-refractivity contribution in [2.24, 2.45) is 0 Å². The number of halogens is 1. The molecular weight excluding hydrogens is 404 g/mol. The topological polar surface area (TPSA) is 84.9 Å². The zero-order chi connectivity index (χ0) is 20.1. The lowest BCUT2D eigenvalue weighted by atomic mass is 10.2. The fourth-order valence-electron chi connectivity index (χ4n) is 2.80. The van der Waals surface area contributed by atoms with E-state index in [1.807, 2.05) is 12.1 Å². The van der Waals surface area contributed by atoms with E-state index in [1.165, 1.54) is 22.5 Å². The van der Waals surface area contributed by atoms with Gasteiger partial charge in [-0.05, 0) is 35.9 Å². The van der Waals surface area contributed by atoms with Crippen LogP contribution in [-0.2, 0) is 21.3 Å². The van der Waals surface area contributed by atoms with Crippen molar-refractivity contribution in [1.29, 1.82) is 0 Å². The Morgan fingerprint density at radius 1 is 1.18 bits per heavy atom. The summed E-state index contributed by atoms with van der Waals surface area (Å²) in [6.07, 6.45) is 0. The first-order valence-electron chi connectivity index (χ1n) is 8.70. The lowest BCUT2D eigenvalue weighted by Crippen LogP contribution is -2.40. The number of carbonyl (C=O) groups excluding carboxylic acids is 1. The summed E-state index contributed by atoms with van der Waals surface area (Å²) < 4.78 is 37.3.